The molecule has 0 atom stereocenters. The first-order valence-electron chi connectivity index (χ1n) is 7.07. The number of hydrogen-bond donors (Lipinski definition) is 6. The van der Waals surface area contributed by atoms with Crippen molar-refractivity contribution in [3.63, 3.8) is 0 Å². The number of rotatable bonds is 6. The van der Waals surface area contributed by atoms with Crippen LogP contribution in [0.1, 0.15) is 0 Å². The van der Waals surface area contributed by atoms with E-state index in [1.807, 2.05) is 0 Å². The van der Waals surface area contributed by atoms with Crippen LogP contribution in [0, 0.1) is 0 Å². The van der Waals surface area contributed by atoms with Gasteiger partial charge < -0.3 is 20.8 Å². The van der Waals surface area contributed by atoms with E-state index in [0.29, 0.717) is 11.4 Å². The summed E-state index contributed by atoms with van der Waals surface area (Å²) in [6.45, 7) is 0. The lowest BCUT2D eigenvalue weighted by Gasteiger charge is -2.11. The number of thiol groups is 1. The fourth-order valence-corrected chi connectivity index (χ4v) is 2.40. The molecule has 0 saturated heterocycles. The van der Waals surface area contributed by atoms with Crippen LogP contribution in [-0.2, 0) is 0 Å². The molecule has 0 aliphatic rings. The van der Waals surface area contributed by atoms with Crippen LogP contribution in [0.2, 0.25) is 0 Å². The molecule has 128 valence electrons. The number of nitrogens with one attached hydrogen (secondary N) is 3. The van der Waals surface area contributed by atoms with Crippen molar-refractivity contribution in [3.05, 3.63) is 48.5 Å². The van der Waals surface area contributed by atoms with Crippen molar-refractivity contribution in [1.29, 1.82) is 0 Å². The highest BCUT2D eigenvalue weighted by Gasteiger charge is 2.09. The van der Waals surface area contributed by atoms with Gasteiger partial charge in [-0.2, -0.15) is 15.0 Å². The topological polar surface area (TPSA) is 115 Å². The first-order valence-corrected chi connectivity index (χ1v) is 8.94. The van der Waals surface area contributed by atoms with Gasteiger partial charge in [-0.15, -0.1) is 0 Å². The third-order valence-electron chi connectivity index (χ3n) is 3.03. The Hall–Kier alpha value is -2.85. The first-order chi connectivity index (χ1) is 12.1. The molecule has 0 spiro atoms. The molecule has 0 fully saturated rings. The first kappa shape index (κ1) is 17.0. The maximum Gasteiger partial charge on any atom is 0.240 e. The lowest BCUT2D eigenvalue weighted by atomic mass is 10.3. The van der Waals surface area contributed by atoms with Crippen LogP contribution in [-0.4, -0.2) is 25.2 Å². The van der Waals surface area contributed by atoms with Gasteiger partial charge in [0, 0.05) is 22.7 Å². The minimum Gasteiger partial charge on any atom is -0.508 e. The minimum atomic E-state index is 0.0727. The van der Waals surface area contributed by atoms with E-state index in [2.05, 4.69) is 42.0 Å². The maximum absolute atomic E-state index is 9.87. The van der Waals surface area contributed by atoms with Crippen molar-refractivity contribution < 1.29 is 10.2 Å². The molecule has 8 nitrogen and oxygen atoms in total. The Balaban J connectivity index is 1.90. The number of anilines is 5. The molecule has 0 aliphatic heterocycles. The zero-order chi connectivity index (χ0) is 17.6. The van der Waals surface area contributed by atoms with Crippen molar-refractivity contribution in [1.82, 2.24) is 15.0 Å². The normalized spacial score (nSPS) is 10.3. The second-order valence-corrected chi connectivity index (χ2v) is 5.75. The largest absolute Gasteiger partial charge is 0.508 e. The summed E-state index contributed by atoms with van der Waals surface area (Å²) in [7, 11) is 1.04. The van der Waals surface area contributed by atoms with Crippen LogP contribution in [0.4, 0.5) is 29.2 Å². The van der Waals surface area contributed by atoms with Crippen LogP contribution in [0.25, 0.3) is 0 Å². The molecule has 2 aromatic carbocycles. The molecular weight excluding hydrogens is 360 g/mol. The summed E-state index contributed by atoms with van der Waals surface area (Å²) in [5.41, 5.74) is 1.07. The highest BCUT2D eigenvalue weighted by Crippen LogP contribution is 2.26. The highest BCUT2D eigenvalue weighted by atomic mass is 33.1. The summed E-state index contributed by atoms with van der Waals surface area (Å²) in [5.74, 6) is 0.947. The summed E-state index contributed by atoms with van der Waals surface area (Å²) >= 11 is 4.02. The van der Waals surface area contributed by atoms with Crippen molar-refractivity contribution in [2.24, 2.45) is 0 Å². The van der Waals surface area contributed by atoms with Crippen LogP contribution in [0.3, 0.4) is 0 Å². The van der Waals surface area contributed by atoms with Gasteiger partial charge in [-0.05, 0) is 24.3 Å². The molecule has 3 aromatic rings. The smallest absolute Gasteiger partial charge is 0.240 e. The van der Waals surface area contributed by atoms with Gasteiger partial charge in [-0.1, -0.05) is 29.9 Å². The Labute approximate surface area is 152 Å². The number of aromatic nitrogens is 3. The van der Waals surface area contributed by atoms with E-state index in [1.54, 1.807) is 48.5 Å². The maximum atomic E-state index is 9.87. The van der Waals surface area contributed by atoms with Crippen LogP contribution in [0.15, 0.2) is 48.5 Å². The Morgan fingerprint density at radius 1 is 0.840 bits per heavy atom. The number of nitrogens with zero attached hydrogens (tertiary/aromatic N) is 3. The Kier molecular flexibility index (Phi) is 5.31. The Morgan fingerprint density at radius 2 is 1.56 bits per heavy atom. The van der Waals surface area contributed by atoms with Crippen molar-refractivity contribution in [2.45, 2.75) is 0 Å². The predicted octanol–water partition coefficient (Wildman–Crippen LogP) is 3.67. The van der Waals surface area contributed by atoms with E-state index in [4.69, 9.17) is 0 Å². The molecule has 5 N–H and O–H groups in total. The minimum absolute atomic E-state index is 0.0727. The quantitative estimate of drug-likeness (QED) is 0.166. The average molecular weight is 374 g/mol. The van der Waals surface area contributed by atoms with E-state index < -0.39 is 0 Å². The van der Waals surface area contributed by atoms with Crippen molar-refractivity contribution >= 4 is 51.9 Å². The van der Waals surface area contributed by atoms with Crippen LogP contribution in [0.5, 0.6) is 11.5 Å². The summed E-state index contributed by atoms with van der Waals surface area (Å²) in [6, 6.07) is 13.3. The molecule has 0 aliphatic carbocycles. The van der Waals surface area contributed by atoms with Gasteiger partial charge in [0.1, 0.15) is 11.5 Å². The van der Waals surface area contributed by atoms with Gasteiger partial charge in [-0.25, -0.2) is 0 Å². The number of phenols is 2. The highest BCUT2D eigenvalue weighted by molar-refractivity contribution is 8.69. The number of benzene rings is 2. The van der Waals surface area contributed by atoms with Gasteiger partial charge in [0.15, 0.2) is 0 Å². The van der Waals surface area contributed by atoms with Crippen LogP contribution < -0.4 is 15.4 Å². The number of aromatic hydroxyl groups is 2. The van der Waals surface area contributed by atoms with Gasteiger partial charge >= 0.3 is 0 Å². The third kappa shape index (κ3) is 4.58. The van der Waals surface area contributed by atoms with E-state index in [9.17, 15) is 10.2 Å². The fourth-order valence-electron chi connectivity index (χ4n) is 1.99. The average Bonchev–Trinajstić information content (AvgIpc) is 2.57. The zero-order valence-corrected chi connectivity index (χ0v) is 14.4. The molecule has 25 heavy (non-hydrogen) atoms. The summed E-state index contributed by atoms with van der Waals surface area (Å²) < 4.78 is 2.81. The molecule has 0 bridgehead atoms. The number of hydrogen-bond acceptors (Lipinski definition) is 10. The molecular formula is C15H14N6O2S2. The fraction of sp³-hybridized carbons (Fsp3) is 0. The predicted molar refractivity (Wildman–Crippen MR) is 103 cm³/mol. The van der Waals surface area contributed by atoms with Crippen molar-refractivity contribution in [2.75, 3.05) is 15.4 Å². The Bertz CT molecular complexity index is 880. The summed E-state index contributed by atoms with van der Waals surface area (Å²) in [6.07, 6.45) is 0. The number of para-hydroxylation sites is 2. The lowest BCUT2D eigenvalue weighted by molar-refractivity contribution is 0.475. The lowest BCUT2D eigenvalue weighted by Crippen LogP contribution is -2.06. The van der Waals surface area contributed by atoms with Gasteiger partial charge in [-0.3, -0.25) is 4.72 Å². The van der Waals surface area contributed by atoms with E-state index >= 15 is 0 Å². The van der Waals surface area contributed by atoms with E-state index in [1.165, 1.54) is 0 Å². The molecule has 0 unspecified atom stereocenters. The molecule has 3 rings (SSSR count). The molecule has 0 amide bonds. The second kappa shape index (κ2) is 7.81. The summed E-state index contributed by atoms with van der Waals surface area (Å²) in [4.78, 5) is 12.7. The standard InChI is InChI=1S/C15H14N6O2S2/c22-10-5-3-4-9(8-10)16-13-18-14(20-15(19-13)21-25-24)17-11-6-1-2-7-12(11)23/h1-8,22-24H,(H3,16,17,18,19,20,21). The van der Waals surface area contributed by atoms with E-state index in [0.717, 1.165) is 11.0 Å². The molecule has 1 aromatic heterocycles. The third-order valence-corrected chi connectivity index (χ3v) is 3.57. The second-order valence-electron chi connectivity index (χ2n) is 4.82. The van der Waals surface area contributed by atoms with Gasteiger partial charge in [0.25, 0.3) is 0 Å². The van der Waals surface area contributed by atoms with Crippen LogP contribution >= 0.6 is 22.6 Å². The Morgan fingerprint density at radius 3 is 2.28 bits per heavy atom. The molecule has 0 radical (unpaired) electrons. The molecule has 1 heterocycles. The zero-order valence-electron chi connectivity index (χ0n) is 12.7. The van der Waals surface area contributed by atoms with Gasteiger partial charge in [0.2, 0.25) is 17.8 Å². The number of phenolic OH excluding ortho intramolecular Hbond substituents is 2. The molecule has 10 heteroatoms. The van der Waals surface area contributed by atoms with E-state index in [-0.39, 0.29) is 29.3 Å². The SMILES string of the molecule is Oc1cccc(Nc2nc(NSS)nc(Nc3ccccc3O)n2)c1. The summed E-state index contributed by atoms with van der Waals surface area (Å²) in [5, 5.41) is 25.3. The van der Waals surface area contributed by atoms with Gasteiger partial charge in [0.05, 0.1) is 5.69 Å². The van der Waals surface area contributed by atoms with Crippen molar-refractivity contribution in [3.8, 4) is 11.5 Å². The molecule has 0 saturated carbocycles. The monoisotopic (exact) mass is 374 g/mol.